The Morgan fingerprint density at radius 2 is 2.38 bits per heavy atom. The van der Waals surface area contributed by atoms with E-state index >= 15 is 0 Å². The largest absolute Gasteiger partial charge is 0.325 e. The Kier molecular flexibility index (Phi) is 1.63. The number of rotatable bonds is 1. The van der Waals surface area contributed by atoms with Crippen LogP contribution in [0.1, 0.15) is 11.5 Å². The molecule has 3 N–H and O–H groups in total. The molecule has 0 atom stereocenters. The normalized spacial score (nSPS) is 10.9. The fraction of sp³-hybridized carbons (Fsp3) is 0.286. The molecule has 2 rings (SSSR count). The minimum Gasteiger partial charge on any atom is -0.325 e. The molecule has 0 radical (unpaired) electrons. The van der Waals surface area contributed by atoms with Crippen LogP contribution in [0.2, 0.25) is 0 Å². The number of nitrogens with one attached hydrogen (secondary N) is 1. The van der Waals surface area contributed by atoms with Crippen molar-refractivity contribution in [2.24, 2.45) is 5.73 Å². The van der Waals surface area contributed by atoms with Gasteiger partial charge in [0.05, 0.1) is 5.69 Å². The smallest absolute Gasteiger partial charge is 0.274 e. The van der Waals surface area contributed by atoms with E-state index in [1.54, 1.807) is 6.92 Å². The van der Waals surface area contributed by atoms with Gasteiger partial charge >= 0.3 is 0 Å². The lowest BCUT2D eigenvalue weighted by atomic mass is 10.4. The molecule has 0 saturated heterocycles. The average molecular weight is 179 g/mol. The number of aromatic amines is 1. The minimum absolute atomic E-state index is 0.189. The van der Waals surface area contributed by atoms with Crippen molar-refractivity contribution in [1.29, 1.82) is 0 Å². The maximum absolute atomic E-state index is 11.4. The molecule has 6 heteroatoms. The second-order valence-electron chi connectivity index (χ2n) is 2.73. The van der Waals surface area contributed by atoms with Gasteiger partial charge in [-0.2, -0.15) is 9.50 Å². The summed E-state index contributed by atoms with van der Waals surface area (Å²) < 4.78 is 1.29. The summed E-state index contributed by atoms with van der Waals surface area (Å²) in [5, 5.41) is 2.77. The standard InChI is InChI=1S/C7H9N5O/c1-4-9-7-10-5(3-8)2-6(13)12(7)11-4/h2H,3,8H2,1H3,(H,9,10,11). The van der Waals surface area contributed by atoms with Gasteiger partial charge < -0.3 is 5.73 Å². The lowest BCUT2D eigenvalue weighted by Gasteiger charge is -1.93. The fourth-order valence-corrected chi connectivity index (χ4v) is 1.14. The summed E-state index contributed by atoms with van der Waals surface area (Å²) in [6.45, 7) is 2.01. The van der Waals surface area contributed by atoms with E-state index in [-0.39, 0.29) is 12.1 Å². The zero-order valence-corrected chi connectivity index (χ0v) is 7.11. The van der Waals surface area contributed by atoms with Crippen LogP contribution in [0.5, 0.6) is 0 Å². The van der Waals surface area contributed by atoms with Crippen molar-refractivity contribution in [2.75, 3.05) is 0 Å². The van der Waals surface area contributed by atoms with Gasteiger partial charge in [-0.3, -0.25) is 9.89 Å². The molecule has 6 nitrogen and oxygen atoms in total. The first-order valence-electron chi connectivity index (χ1n) is 3.86. The minimum atomic E-state index is -0.189. The number of aryl methyl sites for hydroxylation is 1. The number of hydrogen-bond acceptors (Lipinski definition) is 4. The fourth-order valence-electron chi connectivity index (χ4n) is 1.14. The monoisotopic (exact) mass is 179 g/mol. The van der Waals surface area contributed by atoms with E-state index in [4.69, 9.17) is 5.73 Å². The van der Waals surface area contributed by atoms with Crippen LogP contribution in [-0.2, 0) is 6.54 Å². The van der Waals surface area contributed by atoms with Gasteiger partial charge in [-0.1, -0.05) is 0 Å². The Balaban J connectivity index is 2.83. The highest BCUT2D eigenvalue weighted by Gasteiger charge is 2.03. The second kappa shape index (κ2) is 2.67. The summed E-state index contributed by atoms with van der Waals surface area (Å²) in [5.41, 5.74) is 5.73. The molecule has 2 heterocycles. The van der Waals surface area contributed by atoms with Crippen molar-refractivity contribution >= 4 is 5.78 Å². The maximum Gasteiger partial charge on any atom is 0.274 e. The van der Waals surface area contributed by atoms with Gasteiger partial charge in [0.1, 0.15) is 5.82 Å². The van der Waals surface area contributed by atoms with Crippen LogP contribution in [0.15, 0.2) is 10.9 Å². The lowest BCUT2D eigenvalue weighted by Crippen LogP contribution is -2.17. The SMILES string of the molecule is Cc1nc2nc(CN)cc(=O)n2[nH]1. The van der Waals surface area contributed by atoms with Crippen LogP contribution in [-0.4, -0.2) is 19.6 Å². The predicted molar refractivity (Wildman–Crippen MR) is 46.2 cm³/mol. The van der Waals surface area contributed by atoms with Crippen LogP contribution >= 0.6 is 0 Å². The van der Waals surface area contributed by atoms with Crippen LogP contribution in [0, 0.1) is 6.92 Å². The third kappa shape index (κ3) is 1.20. The zero-order valence-electron chi connectivity index (χ0n) is 7.11. The number of fused-ring (bicyclic) bond motifs is 1. The van der Waals surface area contributed by atoms with Crippen LogP contribution in [0.25, 0.3) is 5.78 Å². The second-order valence-corrected chi connectivity index (χ2v) is 2.73. The molecule has 0 spiro atoms. The van der Waals surface area contributed by atoms with E-state index < -0.39 is 0 Å². The number of aromatic nitrogens is 4. The molecule has 0 aliphatic heterocycles. The number of nitrogens with zero attached hydrogens (tertiary/aromatic N) is 3. The van der Waals surface area contributed by atoms with Crippen molar-refractivity contribution in [2.45, 2.75) is 13.5 Å². The first-order valence-corrected chi connectivity index (χ1v) is 3.86. The molecule has 0 aromatic carbocycles. The molecule has 0 aliphatic rings. The Morgan fingerprint density at radius 3 is 3.08 bits per heavy atom. The summed E-state index contributed by atoms with van der Waals surface area (Å²) in [4.78, 5) is 19.5. The number of H-pyrrole nitrogens is 1. The van der Waals surface area contributed by atoms with Crippen LogP contribution in [0.3, 0.4) is 0 Å². The van der Waals surface area contributed by atoms with Gasteiger partial charge in [0.25, 0.3) is 11.3 Å². The van der Waals surface area contributed by atoms with Gasteiger partial charge in [0.15, 0.2) is 0 Å². The molecule has 0 saturated carbocycles. The van der Waals surface area contributed by atoms with Crippen molar-refractivity contribution in [3.63, 3.8) is 0 Å². The van der Waals surface area contributed by atoms with E-state index in [0.29, 0.717) is 17.3 Å². The molecule has 0 unspecified atom stereocenters. The first kappa shape index (κ1) is 7.93. The van der Waals surface area contributed by atoms with Gasteiger partial charge in [0.2, 0.25) is 0 Å². The summed E-state index contributed by atoms with van der Waals surface area (Å²) in [6, 6.07) is 1.39. The highest BCUT2D eigenvalue weighted by Crippen LogP contribution is 1.95. The molecule has 0 bridgehead atoms. The summed E-state index contributed by atoms with van der Waals surface area (Å²) >= 11 is 0. The van der Waals surface area contributed by atoms with Crippen molar-refractivity contribution < 1.29 is 0 Å². The molecular weight excluding hydrogens is 170 g/mol. The van der Waals surface area contributed by atoms with Crippen molar-refractivity contribution in [3.05, 3.63) is 27.9 Å². The molecule has 13 heavy (non-hydrogen) atoms. The predicted octanol–water partition coefficient (Wildman–Crippen LogP) is -0.815. The molecule has 0 aliphatic carbocycles. The lowest BCUT2D eigenvalue weighted by molar-refractivity contribution is 0.857. The molecule has 2 aromatic heterocycles. The molecule has 2 aromatic rings. The Bertz CT molecular complexity index is 497. The zero-order chi connectivity index (χ0) is 9.42. The van der Waals surface area contributed by atoms with Gasteiger partial charge in [0, 0.05) is 12.6 Å². The third-order valence-electron chi connectivity index (χ3n) is 1.70. The van der Waals surface area contributed by atoms with Crippen molar-refractivity contribution in [1.82, 2.24) is 19.6 Å². The Labute approximate surface area is 73.4 Å². The highest BCUT2D eigenvalue weighted by molar-refractivity contribution is 5.27. The Morgan fingerprint density at radius 1 is 1.62 bits per heavy atom. The van der Waals surface area contributed by atoms with Gasteiger partial charge in [-0.25, -0.2) is 4.98 Å². The van der Waals surface area contributed by atoms with E-state index in [1.165, 1.54) is 10.6 Å². The quantitative estimate of drug-likeness (QED) is 0.598. The summed E-state index contributed by atoms with van der Waals surface area (Å²) in [7, 11) is 0. The van der Waals surface area contributed by atoms with Gasteiger partial charge in [-0.15, -0.1) is 0 Å². The van der Waals surface area contributed by atoms with Crippen molar-refractivity contribution in [3.8, 4) is 0 Å². The topological polar surface area (TPSA) is 89.1 Å². The number of nitrogens with two attached hydrogens (primary N) is 1. The Hall–Kier alpha value is -1.69. The van der Waals surface area contributed by atoms with E-state index in [1.807, 2.05) is 0 Å². The van der Waals surface area contributed by atoms with Gasteiger partial charge in [-0.05, 0) is 6.92 Å². The number of hydrogen-bond donors (Lipinski definition) is 2. The van der Waals surface area contributed by atoms with E-state index in [0.717, 1.165) is 0 Å². The molecule has 68 valence electrons. The molecular formula is C7H9N5O. The van der Waals surface area contributed by atoms with E-state index in [2.05, 4.69) is 15.1 Å². The van der Waals surface area contributed by atoms with E-state index in [9.17, 15) is 4.79 Å². The molecule has 0 fully saturated rings. The highest BCUT2D eigenvalue weighted by atomic mass is 16.1. The van der Waals surface area contributed by atoms with Crippen LogP contribution in [0.4, 0.5) is 0 Å². The first-order chi connectivity index (χ1) is 6.20. The average Bonchev–Trinajstić information content (AvgIpc) is 2.46. The summed E-state index contributed by atoms with van der Waals surface area (Å²) in [6.07, 6.45) is 0. The third-order valence-corrected chi connectivity index (χ3v) is 1.70. The molecule has 0 amide bonds. The summed E-state index contributed by atoms with van der Waals surface area (Å²) in [5.74, 6) is 1.02. The van der Waals surface area contributed by atoms with Crippen LogP contribution < -0.4 is 11.3 Å². The maximum atomic E-state index is 11.4.